The number of rotatable bonds is 1. The zero-order valence-corrected chi connectivity index (χ0v) is 9.77. The molecular weight excluding hydrogens is 214 g/mol. The highest BCUT2D eigenvalue weighted by atomic mass is 16.1. The fraction of sp³-hybridized carbons (Fsp3) is 0.154. The minimum Gasteiger partial charge on any atom is -0.331 e. The summed E-state index contributed by atoms with van der Waals surface area (Å²) >= 11 is 0. The Morgan fingerprint density at radius 1 is 1.18 bits per heavy atom. The van der Waals surface area contributed by atoms with Gasteiger partial charge in [0.1, 0.15) is 0 Å². The highest BCUT2D eigenvalue weighted by Crippen LogP contribution is 2.15. The lowest BCUT2D eigenvalue weighted by atomic mass is 10.2. The maximum atomic E-state index is 11.4. The minimum absolute atomic E-state index is 0.104. The van der Waals surface area contributed by atoms with E-state index in [0.29, 0.717) is 5.69 Å². The molecule has 2 aromatic heterocycles. The van der Waals surface area contributed by atoms with Crippen molar-refractivity contribution in [3.63, 3.8) is 0 Å². The second-order valence-electron chi connectivity index (χ2n) is 2.93. The molecule has 0 amide bonds. The number of nitrogens with one attached hydrogen (secondary N) is 1. The lowest BCUT2D eigenvalue weighted by Gasteiger charge is -2.00. The molecule has 0 bridgehead atoms. The molecule has 0 spiro atoms. The van der Waals surface area contributed by atoms with Gasteiger partial charge in [-0.25, -0.2) is 4.85 Å². The van der Waals surface area contributed by atoms with Crippen LogP contribution in [0.4, 0.5) is 5.69 Å². The van der Waals surface area contributed by atoms with Gasteiger partial charge < -0.3 is 4.98 Å². The molecule has 4 nitrogen and oxygen atoms in total. The Kier molecular flexibility index (Phi) is 4.64. The van der Waals surface area contributed by atoms with E-state index in [2.05, 4.69) is 14.8 Å². The lowest BCUT2D eigenvalue weighted by Crippen LogP contribution is -2.04. The molecule has 1 N–H and O–H groups in total. The quantitative estimate of drug-likeness (QED) is 0.761. The zero-order chi connectivity index (χ0) is 12.7. The monoisotopic (exact) mass is 227 g/mol. The van der Waals surface area contributed by atoms with Gasteiger partial charge in [-0.05, 0) is 24.3 Å². The summed E-state index contributed by atoms with van der Waals surface area (Å²) in [5.41, 5.74) is 1.31. The van der Waals surface area contributed by atoms with Crippen LogP contribution in [0.5, 0.6) is 0 Å². The Balaban J connectivity index is 0.000000686. The van der Waals surface area contributed by atoms with Gasteiger partial charge in [0.25, 0.3) is 5.56 Å². The van der Waals surface area contributed by atoms with Crippen LogP contribution in [-0.4, -0.2) is 9.97 Å². The molecule has 0 aliphatic rings. The maximum Gasteiger partial charge on any atom is 0.254 e. The first-order chi connectivity index (χ1) is 8.31. The van der Waals surface area contributed by atoms with Crippen molar-refractivity contribution in [1.29, 1.82) is 0 Å². The normalized spacial score (nSPS) is 8.76. The predicted octanol–water partition coefficient (Wildman–Crippen LogP) is 3.01. The minimum atomic E-state index is -0.362. The average Bonchev–Trinajstić information content (AvgIpc) is 2.42. The van der Waals surface area contributed by atoms with Gasteiger partial charge in [-0.3, -0.25) is 9.78 Å². The molecular formula is C13H13N3O. The Labute approximate surface area is 99.8 Å². The summed E-state index contributed by atoms with van der Waals surface area (Å²) in [6.07, 6.45) is 3.30. The number of hydrogen-bond acceptors (Lipinski definition) is 2. The van der Waals surface area contributed by atoms with Crippen molar-refractivity contribution < 1.29 is 0 Å². The first-order valence-electron chi connectivity index (χ1n) is 5.32. The summed E-state index contributed by atoms with van der Waals surface area (Å²) in [5, 5.41) is 0. The van der Waals surface area contributed by atoms with Crippen molar-refractivity contribution >= 4 is 5.69 Å². The second-order valence-corrected chi connectivity index (χ2v) is 2.93. The van der Waals surface area contributed by atoms with Gasteiger partial charge in [0.15, 0.2) is 0 Å². The topological polar surface area (TPSA) is 50.1 Å². The number of hydrogen-bond donors (Lipinski definition) is 1. The standard InChI is InChI=1S/C11H7N3O.C2H6/c1-12-10-3-2-9(14-11(10)15)8-4-6-13-7-5-8;1-2/h2-7H,(H,14,15);1-2H3. The number of nitrogens with zero attached hydrogens (tertiary/aromatic N) is 2. The molecule has 0 fully saturated rings. The van der Waals surface area contributed by atoms with E-state index >= 15 is 0 Å². The van der Waals surface area contributed by atoms with E-state index in [4.69, 9.17) is 6.57 Å². The summed E-state index contributed by atoms with van der Waals surface area (Å²) in [4.78, 5) is 21.0. The smallest absolute Gasteiger partial charge is 0.254 e. The van der Waals surface area contributed by atoms with Crippen molar-refractivity contribution in [3.8, 4) is 11.3 Å². The first-order valence-corrected chi connectivity index (χ1v) is 5.32. The number of H-pyrrole nitrogens is 1. The Bertz CT molecular complexity index is 567. The highest BCUT2D eigenvalue weighted by molar-refractivity contribution is 5.60. The average molecular weight is 227 g/mol. The third-order valence-electron chi connectivity index (χ3n) is 2.00. The van der Waals surface area contributed by atoms with E-state index in [1.54, 1.807) is 30.6 Å². The van der Waals surface area contributed by atoms with Crippen LogP contribution < -0.4 is 5.56 Å². The van der Waals surface area contributed by atoms with Crippen LogP contribution in [0.1, 0.15) is 13.8 Å². The fourth-order valence-electron chi connectivity index (χ4n) is 1.25. The van der Waals surface area contributed by atoms with Gasteiger partial charge >= 0.3 is 0 Å². The van der Waals surface area contributed by atoms with Gasteiger partial charge in [0, 0.05) is 23.7 Å². The molecule has 0 atom stereocenters. The van der Waals surface area contributed by atoms with Crippen LogP contribution in [0.15, 0.2) is 41.5 Å². The first kappa shape index (κ1) is 12.7. The van der Waals surface area contributed by atoms with Gasteiger partial charge in [0.05, 0.1) is 6.57 Å². The van der Waals surface area contributed by atoms with E-state index in [1.165, 1.54) is 6.07 Å². The summed E-state index contributed by atoms with van der Waals surface area (Å²) in [5.74, 6) is 0. The van der Waals surface area contributed by atoms with E-state index in [0.717, 1.165) is 5.56 Å². The van der Waals surface area contributed by atoms with Crippen LogP contribution in [0.2, 0.25) is 0 Å². The largest absolute Gasteiger partial charge is 0.331 e. The zero-order valence-electron chi connectivity index (χ0n) is 9.77. The maximum absolute atomic E-state index is 11.4. The fourth-order valence-corrected chi connectivity index (χ4v) is 1.25. The van der Waals surface area contributed by atoms with Gasteiger partial charge in [0.2, 0.25) is 5.69 Å². The van der Waals surface area contributed by atoms with Crippen molar-refractivity contribution in [2.24, 2.45) is 0 Å². The van der Waals surface area contributed by atoms with Crippen LogP contribution in [0.25, 0.3) is 16.1 Å². The Hall–Kier alpha value is -2.41. The van der Waals surface area contributed by atoms with Crippen LogP contribution in [-0.2, 0) is 0 Å². The molecule has 0 aliphatic heterocycles. The van der Waals surface area contributed by atoms with Crippen molar-refractivity contribution in [2.45, 2.75) is 13.8 Å². The van der Waals surface area contributed by atoms with Gasteiger partial charge in [-0.1, -0.05) is 13.8 Å². The third kappa shape index (κ3) is 3.02. The van der Waals surface area contributed by atoms with E-state index in [9.17, 15) is 4.79 Å². The highest BCUT2D eigenvalue weighted by Gasteiger charge is 2.01. The van der Waals surface area contributed by atoms with Crippen LogP contribution in [0.3, 0.4) is 0 Å². The molecule has 0 radical (unpaired) electrons. The molecule has 17 heavy (non-hydrogen) atoms. The third-order valence-corrected chi connectivity index (χ3v) is 2.00. The summed E-state index contributed by atoms with van der Waals surface area (Å²) < 4.78 is 0. The van der Waals surface area contributed by atoms with Gasteiger partial charge in [-0.2, -0.15) is 0 Å². The molecule has 0 unspecified atom stereocenters. The molecule has 4 heteroatoms. The number of pyridine rings is 2. The molecule has 0 aromatic carbocycles. The SMILES string of the molecule is CC.[C-]#[N+]c1ccc(-c2ccncc2)[nH]c1=O. The van der Waals surface area contributed by atoms with Crippen molar-refractivity contribution in [3.05, 3.63) is 58.4 Å². The summed E-state index contributed by atoms with van der Waals surface area (Å²) in [6, 6.07) is 6.82. The lowest BCUT2D eigenvalue weighted by molar-refractivity contribution is 1.24. The predicted molar refractivity (Wildman–Crippen MR) is 67.9 cm³/mol. The number of aromatic amines is 1. The molecule has 0 saturated heterocycles. The molecule has 2 heterocycles. The Morgan fingerprint density at radius 3 is 2.35 bits per heavy atom. The van der Waals surface area contributed by atoms with E-state index in [1.807, 2.05) is 13.8 Å². The molecule has 2 aromatic rings. The Morgan fingerprint density at radius 2 is 1.82 bits per heavy atom. The second kappa shape index (κ2) is 6.23. The molecule has 0 saturated carbocycles. The molecule has 2 rings (SSSR count). The number of aromatic nitrogens is 2. The van der Waals surface area contributed by atoms with Crippen LogP contribution >= 0.6 is 0 Å². The van der Waals surface area contributed by atoms with Crippen LogP contribution in [0, 0.1) is 6.57 Å². The van der Waals surface area contributed by atoms with Crippen molar-refractivity contribution in [2.75, 3.05) is 0 Å². The summed E-state index contributed by atoms with van der Waals surface area (Å²) in [6.45, 7) is 10.8. The van der Waals surface area contributed by atoms with Crippen molar-refractivity contribution in [1.82, 2.24) is 9.97 Å². The molecule has 86 valence electrons. The van der Waals surface area contributed by atoms with Gasteiger partial charge in [-0.15, -0.1) is 0 Å². The van der Waals surface area contributed by atoms with E-state index in [-0.39, 0.29) is 11.2 Å². The molecule has 0 aliphatic carbocycles. The van der Waals surface area contributed by atoms with E-state index < -0.39 is 0 Å². The summed E-state index contributed by atoms with van der Waals surface area (Å²) in [7, 11) is 0.